The summed E-state index contributed by atoms with van der Waals surface area (Å²) in [4.78, 5) is 0. The number of benzene rings is 1. The van der Waals surface area contributed by atoms with Gasteiger partial charge in [-0.25, -0.2) is 6.33 Å². The van der Waals surface area contributed by atoms with Gasteiger partial charge in [-0.3, -0.25) is 0 Å². The van der Waals surface area contributed by atoms with Gasteiger partial charge in [-0.1, -0.05) is 30.3 Å². The monoisotopic (exact) mass is 325 g/mol. The van der Waals surface area contributed by atoms with Crippen molar-refractivity contribution < 1.29 is 0 Å². The number of nitrogens with one attached hydrogen (secondary N) is 1. The minimum Gasteiger partial charge on any atom is -0.306 e. The molecule has 0 saturated heterocycles. The summed E-state index contributed by atoms with van der Waals surface area (Å²) in [5.74, 6) is 1.14. The maximum Gasteiger partial charge on any atom is 0.0212 e. The molecular weight excluding hydrogens is 305 g/mol. The van der Waals surface area contributed by atoms with E-state index in [4.69, 9.17) is 0 Å². The Morgan fingerprint density at radius 3 is 2.21 bits per heavy atom. The molecule has 0 spiro atoms. The number of hydrogen-bond donors (Lipinski definition) is 2. The Morgan fingerprint density at radius 2 is 1.71 bits per heavy atom. The molecule has 0 saturated carbocycles. The zero-order valence-corrected chi connectivity index (χ0v) is 12.2. The van der Waals surface area contributed by atoms with Gasteiger partial charge in [-0.15, -0.1) is 0 Å². The predicted octanol–water partition coefficient (Wildman–Crippen LogP) is 3.05. The van der Waals surface area contributed by atoms with Crippen LogP contribution in [0.3, 0.4) is 0 Å². The van der Waals surface area contributed by atoms with Crippen LogP contribution in [0.15, 0.2) is 30.3 Å². The maximum absolute atomic E-state index is 3.53. The Bertz CT molecular complexity index is 280. The topological polar surface area (TPSA) is 12.0 Å². The second kappa shape index (κ2) is 4.41. The second-order valence-corrected chi connectivity index (χ2v) is 21.9. The van der Waals surface area contributed by atoms with Crippen LogP contribution in [0.1, 0.15) is 5.56 Å². The normalized spacial score (nSPS) is 14.7. The largest absolute Gasteiger partial charge is 0.306 e. The van der Waals surface area contributed by atoms with E-state index in [0.29, 0.717) is 0 Å². The third-order valence-corrected chi connectivity index (χ3v) is 4.13. The fraction of sp³-hybridized carbons (Fsp3) is 0.455. The van der Waals surface area contributed by atoms with E-state index in [1.54, 1.807) is 0 Å². The Balaban J connectivity index is 2.37. The number of hydrogen-bond acceptors (Lipinski definition) is 1. The number of halogens is 1. The van der Waals surface area contributed by atoms with E-state index >= 15 is 0 Å². The van der Waals surface area contributed by atoms with Crippen LogP contribution in [-0.4, -0.2) is 24.6 Å². The summed E-state index contributed by atoms with van der Waals surface area (Å²) in [6.07, 6.45) is 5.73. The van der Waals surface area contributed by atoms with E-state index in [1.807, 2.05) is 0 Å². The van der Waals surface area contributed by atoms with E-state index in [2.05, 4.69) is 75.6 Å². The summed E-state index contributed by atoms with van der Waals surface area (Å²) < 4.78 is 0. The number of thiol groups is 1. The summed E-state index contributed by atoms with van der Waals surface area (Å²) in [6.45, 7) is 0.983. The fourth-order valence-electron chi connectivity index (χ4n) is 1.17. The average Bonchev–Trinajstić information content (AvgIpc) is 2.02. The van der Waals surface area contributed by atoms with Gasteiger partial charge < -0.3 is 5.32 Å². The van der Waals surface area contributed by atoms with Crippen molar-refractivity contribution in [3.8, 4) is 0 Å². The highest BCUT2D eigenvalue weighted by Gasteiger charge is 2.19. The minimum absolute atomic E-state index is 0.983. The lowest BCUT2D eigenvalue weighted by molar-refractivity contribution is 0.792. The highest BCUT2D eigenvalue weighted by atomic mass is 127. The lowest BCUT2D eigenvalue weighted by Crippen LogP contribution is -2.23. The lowest BCUT2D eigenvalue weighted by atomic mass is 10.2. The van der Waals surface area contributed by atoms with Crippen LogP contribution in [0.4, 0.5) is 0 Å². The minimum atomic E-state index is -1.41. The highest BCUT2D eigenvalue weighted by Crippen LogP contribution is 2.66. The molecule has 0 heterocycles. The van der Waals surface area contributed by atoms with Crippen LogP contribution in [-0.2, 0) is 6.54 Å². The summed E-state index contributed by atoms with van der Waals surface area (Å²) >= 11 is 2.62. The van der Waals surface area contributed by atoms with E-state index in [1.165, 1.54) is 5.56 Å². The summed E-state index contributed by atoms with van der Waals surface area (Å²) in [6, 6.07) is 10.6. The quantitative estimate of drug-likeness (QED) is 0.640. The Labute approximate surface area is 99.5 Å². The predicted molar refractivity (Wildman–Crippen MR) is 78.9 cm³/mol. The van der Waals surface area contributed by atoms with Crippen molar-refractivity contribution in [1.82, 2.24) is 5.32 Å². The molecule has 0 aliphatic rings. The number of rotatable bonds is 4. The van der Waals surface area contributed by atoms with Gasteiger partial charge in [0.25, 0.3) is 0 Å². The van der Waals surface area contributed by atoms with E-state index in [-0.39, 0.29) is 0 Å². The molecule has 82 valence electrons. The Morgan fingerprint density at radius 1 is 1.14 bits per heavy atom. The molecule has 1 aromatic carbocycles. The first kappa shape index (κ1) is 12.3. The molecule has 0 unspecified atom stereocenters. The molecule has 0 aliphatic carbocycles. The molecule has 1 rings (SSSR count). The smallest absolute Gasteiger partial charge is 0.0212 e. The molecule has 1 aromatic rings. The van der Waals surface area contributed by atoms with Gasteiger partial charge in [0.05, 0.1) is 0 Å². The van der Waals surface area contributed by atoms with Crippen molar-refractivity contribution in [2.45, 2.75) is 6.54 Å². The zero-order valence-electron chi connectivity index (χ0n) is 9.13. The van der Waals surface area contributed by atoms with Crippen molar-refractivity contribution in [2.24, 2.45) is 0 Å². The van der Waals surface area contributed by atoms with Gasteiger partial charge in [0.2, 0.25) is 0 Å². The third kappa shape index (κ3) is 5.88. The summed E-state index contributed by atoms with van der Waals surface area (Å²) in [5.41, 5.74) is 1.37. The van der Waals surface area contributed by atoms with Crippen molar-refractivity contribution in [2.75, 3.05) is 24.6 Å². The molecular formula is C11H20INS. The molecule has 0 aromatic heterocycles. The first-order valence-corrected chi connectivity index (χ1v) is 11.3. The first-order chi connectivity index (χ1) is 6.33. The van der Waals surface area contributed by atoms with Crippen molar-refractivity contribution >= 4 is 27.5 Å². The average molecular weight is 325 g/mol. The molecule has 0 fully saturated rings. The van der Waals surface area contributed by atoms with E-state index < -0.39 is 6.33 Å². The lowest BCUT2D eigenvalue weighted by Gasteiger charge is -2.44. The molecule has 14 heavy (non-hydrogen) atoms. The van der Waals surface area contributed by atoms with Gasteiger partial charge in [0.1, 0.15) is 0 Å². The van der Waals surface area contributed by atoms with Crippen LogP contribution in [0, 0.1) is 0 Å². The molecule has 0 radical (unpaired) electrons. The molecule has 1 N–H and O–H groups in total. The van der Waals surface area contributed by atoms with Gasteiger partial charge in [0, 0.05) is 12.4 Å². The van der Waals surface area contributed by atoms with Gasteiger partial charge in [-0.05, 0) is 45.5 Å². The zero-order chi connectivity index (χ0) is 10.7. The van der Waals surface area contributed by atoms with Gasteiger partial charge in [0.15, 0.2) is 0 Å². The fourth-order valence-corrected chi connectivity index (χ4v) is 2.76. The first-order valence-electron chi connectivity index (χ1n) is 4.80. The SMILES string of the molecule is C[SH](C)(C)(I)CNCc1ccccc1. The van der Waals surface area contributed by atoms with E-state index in [0.717, 1.165) is 12.4 Å². The standard InChI is InChI=1S/C11H20INS/c1-14(2,3,12)10-13-9-11-7-5-4-6-8-11/h4-8,13-14H,9-10H2,1-3H3. The van der Waals surface area contributed by atoms with Crippen molar-refractivity contribution in [1.29, 1.82) is 0 Å². The van der Waals surface area contributed by atoms with E-state index in [9.17, 15) is 0 Å². The van der Waals surface area contributed by atoms with Gasteiger partial charge >= 0.3 is 0 Å². The van der Waals surface area contributed by atoms with Crippen LogP contribution in [0.25, 0.3) is 0 Å². The van der Waals surface area contributed by atoms with Crippen LogP contribution >= 0.6 is 27.5 Å². The Hall–Kier alpha value is 0.260. The maximum atomic E-state index is 3.53. The molecule has 3 heteroatoms. The molecule has 0 bridgehead atoms. The summed E-state index contributed by atoms with van der Waals surface area (Å²) in [5, 5.41) is 3.53. The van der Waals surface area contributed by atoms with Crippen LogP contribution in [0.2, 0.25) is 0 Å². The second-order valence-electron chi connectivity index (χ2n) is 4.99. The third-order valence-electron chi connectivity index (χ3n) is 1.82. The van der Waals surface area contributed by atoms with Crippen molar-refractivity contribution in [3.63, 3.8) is 0 Å². The Kier molecular flexibility index (Phi) is 3.88. The van der Waals surface area contributed by atoms with Crippen LogP contribution in [0.5, 0.6) is 0 Å². The molecule has 0 amide bonds. The van der Waals surface area contributed by atoms with Crippen molar-refractivity contribution in [3.05, 3.63) is 35.9 Å². The highest BCUT2D eigenvalue weighted by molar-refractivity contribution is 14.2. The molecule has 1 nitrogen and oxygen atoms in total. The molecule has 0 atom stereocenters. The van der Waals surface area contributed by atoms with Crippen LogP contribution < -0.4 is 5.32 Å². The van der Waals surface area contributed by atoms with Gasteiger partial charge in [-0.2, -0.15) is 0 Å². The summed E-state index contributed by atoms with van der Waals surface area (Å²) in [7, 11) is 0. The molecule has 0 aliphatic heterocycles.